The quantitative estimate of drug-likeness (QED) is 0.722. The van der Waals surface area contributed by atoms with E-state index in [-0.39, 0.29) is 5.78 Å². The van der Waals surface area contributed by atoms with E-state index in [1.165, 1.54) is 0 Å². The molecule has 0 aliphatic carbocycles. The van der Waals surface area contributed by atoms with E-state index in [0.717, 1.165) is 22.0 Å². The summed E-state index contributed by atoms with van der Waals surface area (Å²) >= 11 is 1.63. The number of Topliss-reactive ketones (excluding diaryl/α,β-unsaturated/α-hetero) is 1. The van der Waals surface area contributed by atoms with E-state index in [4.69, 9.17) is 0 Å². The van der Waals surface area contributed by atoms with E-state index in [0.29, 0.717) is 12.8 Å². The summed E-state index contributed by atoms with van der Waals surface area (Å²) in [6.07, 6.45) is 2.76. The van der Waals surface area contributed by atoms with Crippen LogP contribution in [0, 0.1) is 0 Å². The van der Waals surface area contributed by atoms with Crippen molar-refractivity contribution in [2.45, 2.75) is 12.8 Å². The lowest BCUT2D eigenvalue weighted by Gasteiger charge is -2.05. The lowest BCUT2D eigenvalue weighted by molar-refractivity contribution is -0.117. The molecular formula is C16H13NOS. The summed E-state index contributed by atoms with van der Waals surface area (Å²) < 4.78 is 0. The Morgan fingerprint density at radius 3 is 2.84 bits per heavy atom. The van der Waals surface area contributed by atoms with Gasteiger partial charge in [-0.2, -0.15) is 11.3 Å². The first-order valence-electron chi connectivity index (χ1n) is 6.18. The van der Waals surface area contributed by atoms with Crippen LogP contribution in [0.2, 0.25) is 0 Å². The molecule has 0 saturated carbocycles. The maximum atomic E-state index is 12.1. The molecule has 0 spiro atoms. The highest BCUT2D eigenvalue weighted by Crippen LogP contribution is 2.17. The van der Waals surface area contributed by atoms with Crippen molar-refractivity contribution in [1.82, 2.24) is 4.98 Å². The van der Waals surface area contributed by atoms with Crippen LogP contribution in [0.3, 0.4) is 0 Å². The molecule has 1 aromatic carbocycles. The third-order valence-corrected chi connectivity index (χ3v) is 3.84. The monoisotopic (exact) mass is 267 g/mol. The summed E-state index contributed by atoms with van der Waals surface area (Å²) in [6, 6.07) is 11.9. The van der Waals surface area contributed by atoms with Gasteiger partial charge in [-0.25, -0.2) is 0 Å². The number of nitrogens with zero attached hydrogens (tertiary/aromatic N) is 1. The Bertz CT molecular complexity index is 698. The van der Waals surface area contributed by atoms with Crippen LogP contribution in [0.4, 0.5) is 0 Å². The number of aromatic nitrogens is 1. The number of rotatable bonds is 4. The number of thiophene rings is 1. The van der Waals surface area contributed by atoms with Gasteiger partial charge < -0.3 is 0 Å². The summed E-state index contributed by atoms with van der Waals surface area (Å²) in [5, 5.41) is 5.11. The largest absolute Gasteiger partial charge is 0.299 e. The first kappa shape index (κ1) is 12.1. The SMILES string of the molecule is O=C(Cc1ccsc1)Cc1ccnc2ccccc12. The fraction of sp³-hybridized carbons (Fsp3) is 0.125. The van der Waals surface area contributed by atoms with Crippen molar-refractivity contribution in [2.24, 2.45) is 0 Å². The highest BCUT2D eigenvalue weighted by molar-refractivity contribution is 7.08. The topological polar surface area (TPSA) is 30.0 Å². The molecule has 2 nitrogen and oxygen atoms in total. The predicted octanol–water partition coefficient (Wildman–Crippen LogP) is 3.65. The summed E-state index contributed by atoms with van der Waals surface area (Å²) in [7, 11) is 0. The van der Waals surface area contributed by atoms with Gasteiger partial charge in [-0.05, 0) is 40.1 Å². The molecule has 0 atom stereocenters. The van der Waals surface area contributed by atoms with E-state index >= 15 is 0 Å². The molecular weight excluding hydrogens is 254 g/mol. The second kappa shape index (κ2) is 5.33. The van der Waals surface area contributed by atoms with Crippen molar-refractivity contribution >= 4 is 28.0 Å². The van der Waals surface area contributed by atoms with Gasteiger partial charge in [0.05, 0.1) is 5.52 Å². The number of hydrogen-bond acceptors (Lipinski definition) is 3. The molecule has 3 rings (SSSR count). The van der Waals surface area contributed by atoms with Gasteiger partial charge in [0.15, 0.2) is 0 Å². The molecule has 94 valence electrons. The molecule has 3 aromatic rings. The van der Waals surface area contributed by atoms with E-state index in [9.17, 15) is 4.79 Å². The van der Waals surface area contributed by atoms with E-state index < -0.39 is 0 Å². The molecule has 0 amide bonds. The van der Waals surface area contributed by atoms with Gasteiger partial charge in [-0.1, -0.05) is 18.2 Å². The van der Waals surface area contributed by atoms with Crippen LogP contribution in [0.5, 0.6) is 0 Å². The van der Waals surface area contributed by atoms with Gasteiger partial charge >= 0.3 is 0 Å². The number of hydrogen-bond donors (Lipinski definition) is 0. The molecule has 0 radical (unpaired) electrons. The molecule has 0 aliphatic heterocycles. The number of ketones is 1. The van der Waals surface area contributed by atoms with Crippen LogP contribution in [0.1, 0.15) is 11.1 Å². The molecule has 3 heteroatoms. The maximum absolute atomic E-state index is 12.1. The normalized spacial score (nSPS) is 10.7. The Kier molecular flexibility index (Phi) is 3.38. The zero-order chi connectivity index (χ0) is 13.1. The number of pyridine rings is 1. The third kappa shape index (κ3) is 2.71. The molecule has 0 N–H and O–H groups in total. The molecule has 0 aliphatic rings. The molecule has 0 bridgehead atoms. The Hall–Kier alpha value is -2.00. The van der Waals surface area contributed by atoms with Gasteiger partial charge in [-0.15, -0.1) is 0 Å². The molecule has 0 unspecified atom stereocenters. The van der Waals surface area contributed by atoms with Crippen LogP contribution in [-0.4, -0.2) is 10.8 Å². The standard InChI is InChI=1S/C16H13NOS/c18-14(9-12-6-8-19-11-12)10-13-5-7-17-16-4-2-1-3-15(13)16/h1-8,11H,9-10H2. The van der Waals surface area contributed by atoms with Crippen molar-refractivity contribution < 1.29 is 4.79 Å². The lowest BCUT2D eigenvalue weighted by Crippen LogP contribution is -2.06. The molecule has 19 heavy (non-hydrogen) atoms. The van der Waals surface area contributed by atoms with Gasteiger partial charge in [0.1, 0.15) is 5.78 Å². The van der Waals surface area contributed by atoms with Crippen molar-refractivity contribution in [2.75, 3.05) is 0 Å². The Morgan fingerprint density at radius 1 is 1.11 bits per heavy atom. The highest BCUT2D eigenvalue weighted by atomic mass is 32.1. The minimum Gasteiger partial charge on any atom is -0.299 e. The fourth-order valence-electron chi connectivity index (χ4n) is 2.21. The van der Waals surface area contributed by atoms with Crippen molar-refractivity contribution in [1.29, 1.82) is 0 Å². The van der Waals surface area contributed by atoms with Crippen LogP contribution >= 0.6 is 11.3 Å². The minimum absolute atomic E-state index is 0.245. The van der Waals surface area contributed by atoms with Crippen LogP contribution in [0.25, 0.3) is 10.9 Å². The van der Waals surface area contributed by atoms with Crippen LogP contribution in [0.15, 0.2) is 53.4 Å². The molecule has 2 heterocycles. The Balaban J connectivity index is 1.83. The number of para-hydroxylation sites is 1. The maximum Gasteiger partial charge on any atom is 0.141 e. The highest BCUT2D eigenvalue weighted by Gasteiger charge is 2.08. The average molecular weight is 267 g/mol. The van der Waals surface area contributed by atoms with E-state index in [1.54, 1.807) is 17.5 Å². The van der Waals surface area contributed by atoms with Gasteiger partial charge in [0.25, 0.3) is 0 Å². The second-order valence-electron chi connectivity index (χ2n) is 4.51. The Labute approximate surface area is 115 Å². The van der Waals surface area contributed by atoms with Gasteiger partial charge in [0.2, 0.25) is 0 Å². The van der Waals surface area contributed by atoms with Crippen molar-refractivity contribution in [3.8, 4) is 0 Å². The summed E-state index contributed by atoms with van der Waals surface area (Å²) in [4.78, 5) is 16.4. The summed E-state index contributed by atoms with van der Waals surface area (Å²) in [5.74, 6) is 0.245. The zero-order valence-corrected chi connectivity index (χ0v) is 11.2. The first-order valence-corrected chi connectivity index (χ1v) is 7.12. The number of fused-ring (bicyclic) bond motifs is 1. The third-order valence-electron chi connectivity index (χ3n) is 3.11. The number of carbonyl (C=O) groups excluding carboxylic acids is 1. The van der Waals surface area contributed by atoms with Crippen LogP contribution < -0.4 is 0 Å². The van der Waals surface area contributed by atoms with E-state index in [2.05, 4.69) is 4.98 Å². The smallest absolute Gasteiger partial charge is 0.141 e. The Morgan fingerprint density at radius 2 is 2.00 bits per heavy atom. The zero-order valence-electron chi connectivity index (χ0n) is 10.4. The summed E-state index contributed by atoms with van der Waals surface area (Å²) in [5.41, 5.74) is 3.11. The summed E-state index contributed by atoms with van der Waals surface area (Å²) in [6.45, 7) is 0. The number of carbonyl (C=O) groups is 1. The van der Waals surface area contributed by atoms with Crippen molar-refractivity contribution in [3.63, 3.8) is 0 Å². The second-order valence-corrected chi connectivity index (χ2v) is 5.29. The average Bonchev–Trinajstić information content (AvgIpc) is 2.92. The first-order chi connectivity index (χ1) is 9.33. The molecule has 2 aromatic heterocycles. The fourth-order valence-corrected chi connectivity index (χ4v) is 2.87. The minimum atomic E-state index is 0.245. The molecule has 0 fully saturated rings. The van der Waals surface area contributed by atoms with Gasteiger partial charge in [-0.3, -0.25) is 9.78 Å². The van der Waals surface area contributed by atoms with Gasteiger partial charge in [0, 0.05) is 24.4 Å². The lowest BCUT2D eigenvalue weighted by atomic mass is 10.0. The predicted molar refractivity (Wildman–Crippen MR) is 78.5 cm³/mol. The van der Waals surface area contributed by atoms with E-state index in [1.807, 2.05) is 47.2 Å². The van der Waals surface area contributed by atoms with Crippen molar-refractivity contribution in [3.05, 3.63) is 64.5 Å². The molecule has 0 saturated heterocycles. The van der Waals surface area contributed by atoms with Crippen LogP contribution in [-0.2, 0) is 17.6 Å². The number of benzene rings is 1.